The first-order valence-electron chi connectivity index (χ1n) is 18.3. The molecule has 256 valence electrons. The van der Waals surface area contributed by atoms with E-state index in [1.54, 1.807) is 17.7 Å². The quantitative estimate of drug-likeness (QED) is 0.182. The number of rotatable bonds is 4. The molecule has 6 nitrogen and oxygen atoms in total. The molecule has 0 saturated carbocycles. The summed E-state index contributed by atoms with van der Waals surface area (Å²) in [5.41, 5.74) is 10.7. The van der Waals surface area contributed by atoms with Crippen molar-refractivity contribution in [1.82, 2.24) is 29.1 Å². The van der Waals surface area contributed by atoms with Crippen LogP contribution in [0.25, 0.3) is 109 Å². The molecule has 0 N–H and O–H groups in total. The molecule has 0 aliphatic heterocycles. The molecule has 7 heteroatoms. The van der Waals surface area contributed by atoms with Gasteiger partial charge in [-0.05, 0) is 41.5 Å². The predicted octanol–water partition coefficient (Wildman–Crippen LogP) is 12.3. The number of aromatic nitrogens is 6. The van der Waals surface area contributed by atoms with Crippen LogP contribution in [0.15, 0.2) is 170 Å². The third-order valence-electron chi connectivity index (χ3n) is 10.9. The van der Waals surface area contributed by atoms with Gasteiger partial charge in [0.25, 0.3) is 0 Å². The summed E-state index contributed by atoms with van der Waals surface area (Å²) >= 11 is 1.73. The molecule has 0 bridgehead atoms. The van der Waals surface area contributed by atoms with Crippen molar-refractivity contribution in [2.75, 3.05) is 0 Å². The van der Waals surface area contributed by atoms with Crippen LogP contribution >= 0.6 is 11.3 Å². The van der Waals surface area contributed by atoms with Gasteiger partial charge in [0.1, 0.15) is 11.2 Å². The summed E-state index contributed by atoms with van der Waals surface area (Å²) in [5.74, 6) is 0.625. The molecule has 55 heavy (non-hydrogen) atoms. The zero-order valence-corrected chi connectivity index (χ0v) is 30.1. The lowest BCUT2D eigenvalue weighted by Gasteiger charge is -2.13. The van der Waals surface area contributed by atoms with Crippen LogP contribution in [0, 0.1) is 0 Å². The lowest BCUT2D eigenvalue weighted by Crippen LogP contribution is -2.04. The van der Waals surface area contributed by atoms with Gasteiger partial charge in [-0.1, -0.05) is 127 Å². The van der Waals surface area contributed by atoms with E-state index in [4.69, 9.17) is 15.0 Å². The minimum absolute atomic E-state index is 0.625. The van der Waals surface area contributed by atoms with Gasteiger partial charge in [0.2, 0.25) is 5.95 Å². The van der Waals surface area contributed by atoms with Crippen molar-refractivity contribution in [3.05, 3.63) is 170 Å². The highest BCUT2D eigenvalue weighted by atomic mass is 32.1. The van der Waals surface area contributed by atoms with E-state index in [0.717, 1.165) is 81.7 Å². The summed E-state index contributed by atoms with van der Waals surface area (Å²) < 4.78 is 5.90. The van der Waals surface area contributed by atoms with Crippen molar-refractivity contribution < 1.29 is 0 Å². The fourth-order valence-corrected chi connectivity index (χ4v) is 9.73. The van der Waals surface area contributed by atoms with Crippen LogP contribution in [0.1, 0.15) is 0 Å². The van der Waals surface area contributed by atoms with E-state index in [1.165, 1.54) is 21.2 Å². The second-order valence-corrected chi connectivity index (χ2v) is 14.9. The van der Waals surface area contributed by atoms with Crippen molar-refractivity contribution in [2.24, 2.45) is 0 Å². The lowest BCUT2D eigenvalue weighted by molar-refractivity contribution is 1.02. The minimum Gasteiger partial charge on any atom is -0.308 e. The van der Waals surface area contributed by atoms with E-state index < -0.39 is 0 Å². The Morgan fingerprint density at radius 2 is 1.07 bits per heavy atom. The highest BCUT2D eigenvalue weighted by molar-refractivity contribution is 7.26. The summed E-state index contributed by atoms with van der Waals surface area (Å²) in [7, 11) is 0. The van der Waals surface area contributed by atoms with Crippen molar-refractivity contribution in [3.8, 4) is 34.0 Å². The van der Waals surface area contributed by atoms with Crippen molar-refractivity contribution >= 4 is 86.2 Å². The molecule has 0 aliphatic carbocycles. The van der Waals surface area contributed by atoms with E-state index >= 15 is 0 Å². The molecular formula is C48H28N6S. The van der Waals surface area contributed by atoms with Gasteiger partial charge in [0, 0.05) is 55.2 Å². The van der Waals surface area contributed by atoms with E-state index in [-0.39, 0.29) is 0 Å². The number of nitrogens with zero attached hydrogens (tertiary/aromatic N) is 6. The molecule has 0 amide bonds. The van der Waals surface area contributed by atoms with Crippen molar-refractivity contribution in [3.63, 3.8) is 0 Å². The molecule has 12 rings (SSSR count). The Morgan fingerprint density at radius 1 is 0.455 bits per heavy atom. The Hall–Kier alpha value is -7.22. The van der Waals surface area contributed by atoms with Crippen LogP contribution in [-0.2, 0) is 0 Å². The maximum atomic E-state index is 5.52. The topological polar surface area (TPSA) is 61.4 Å². The molecule has 7 aromatic carbocycles. The summed E-state index contributed by atoms with van der Waals surface area (Å²) in [5, 5.41) is 7.81. The third kappa shape index (κ3) is 4.35. The Labute approximate surface area is 318 Å². The molecule has 5 aromatic heterocycles. The Bertz CT molecular complexity index is 3470. The maximum Gasteiger partial charge on any atom is 0.235 e. The second kappa shape index (κ2) is 11.6. The van der Waals surface area contributed by atoms with Crippen molar-refractivity contribution in [1.29, 1.82) is 0 Å². The summed E-state index contributed by atoms with van der Waals surface area (Å²) in [4.78, 5) is 21.2. The number of para-hydroxylation sites is 4. The van der Waals surface area contributed by atoms with Gasteiger partial charge in [-0.25, -0.2) is 19.9 Å². The normalized spacial score (nSPS) is 12.0. The number of hydrogen-bond donors (Lipinski definition) is 0. The fraction of sp³-hybridized carbons (Fsp3) is 0. The first-order chi connectivity index (χ1) is 27.3. The van der Waals surface area contributed by atoms with E-state index in [2.05, 4.69) is 166 Å². The van der Waals surface area contributed by atoms with Gasteiger partial charge in [-0.3, -0.25) is 4.57 Å². The fourth-order valence-electron chi connectivity index (χ4n) is 8.57. The molecule has 0 fully saturated rings. The van der Waals surface area contributed by atoms with Gasteiger partial charge in [-0.2, -0.15) is 0 Å². The van der Waals surface area contributed by atoms with Gasteiger partial charge in [0.15, 0.2) is 0 Å². The zero-order valence-electron chi connectivity index (χ0n) is 29.3. The molecule has 0 radical (unpaired) electrons. The molecule has 0 spiro atoms. The molecular weight excluding hydrogens is 693 g/mol. The van der Waals surface area contributed by atoms with Crippen LogP contribution in [0.4, 0.5) is 0 Å². The standard InChI is InChI=1S/C48H28N6S/c1-3-13-29(14-4-1)30-23-25-31(26-24-30)43-33-17-7-10-20-37(33)51-48(52-43)54-39-22-12-8-18-34(39)40-41-36-27-49-28-50-47(36)55-46(41)45-42(44(40)54)35-19-9-11-21-38(35)53(45)32-15-5-2-6-16-32/h1-28H. The summed E-state index contributed by atoms with van der Waals surface area (Å²) in [6.07, 6.45) is 3.62. The molecule has 5 heterocycles. The van der Waals surface area contributed by atoms with Crippen LogP contribution < -0.4 is 0 Å². The monoisotopic (exact) mass is 720 g/mol. The number of fused-ring (bicyclic) bond motifs is 13. The maximum absolute atomic E-state index is 5.52. The summed E-state index contributed by atoms with van der Waals surface area (Å²) in [6, 6.07) is 55.6. The highest BCUT2D eigenvalue weighted by Gasteiger charge is 2.28. The average Bonchev–Trinajstić information content (AvgIpc) is 3.92. The zero-order chi connectivity index (χ0) is 36.0. The smallest absolute Gasteiger partial charge is 0.235 e. The van der Waals surface area contributed by atoms with E-state index in [9.17, 15) is 0 Å². The van der Waals surface area contributed by atoms with Crippen molar-refractivity contribution in [2.45, 2.75) is 0 Å². The predicted molar refractivity (Wildman–Crippen MR) is 228 cm³/mol. The highest BCUT2D eigenvalue weighted by Crippen LogP contribution is 2.50. The first-order valence-corrected chi connectivity index (χ1v) is 19.1. The van der Waals surface area contributed by atoms with Crippen LogP contribution in [0.2, 0.25) is 0 Å². The average molecular weight is 721 g/mol. The van der Waals surface area contributed by atoms with Crippen LogP contribution in [0.3, 0.4) is 0 Å². The van der Waals surface area contributed by atoms with Crippen LogP contribution in [0.5, 0.6) is 0 Å². The van der Waals surface area contributed by atoms with E-state index in [1.807, 2.05) is 12.3 Å². The number of thiophene rings is 1. The van der Waals surface area contributed by atoms with Gasteiger partial charge >= 0.3 is 0 Å². The first kappa shape index (κ1) is 30.3. The molecule has 0 unspecified atom stereocenters. The van der Waals surface area contributed by atoms with Gasteiger partial charge < -0.3 is 4.57 Å². The Balaban J connectivity index is 1.27. The second-order valence-electron chi connectivity index (χ2n) is 13.9. The van der Waals surface area contributed by atoms with Gasteiger partial charge in [-0.15, -0.1) is 11.3 Å². The summed E-state index contributed by atoms with van der Waals surface area (Å²) in [6.45, 7) is 0. The largest absolute Gasteiger partial charge is 0.308 e. The van der Waals surface area contributed by atoms with Crippen LogP contribution in [-0.4, -0.2) is 29.1 Å². The number of benzene rings is 7. The lowest BCUT2D eigenvalue weighted by atomic mass is 10.0. The molecule has 0 aliphatic rings. The number of hydrogen-bond acceptors (Lipinski definition) is 5. The van der Waals surface area contributed by atoms with Gasteiger partial charge in [0.05, 0.1) is 38.0 Å². The molecule has 12 aromatic rings. The van der Waals surface area contributed by atoms with E-state index in [0.29, 0.717) is 5.95 Å². The molecule has 0 atom stereocenters. The third-order valence-corrected chi connectivity index (χ3v) is 12.0. The Morgan fingerprint density at radius 3 is 1.85 bits per heavy atom. The minimum atomic E-state index is 0.625. The molecule has 0 saturated heterocycles. The SMILES string of the molecule is c1ccc(-c2ccc(-c3nc(-n4c5ccccc5c5c6c7cncnc7sc6c6c(c7ccccc7n6-c6ccccc6)c54)nc4ccccc34)cc2)cc1. The Kier molecular flexibility index (Phi) is 6.40.